The fraction of sp³-hybridized carbons (Fsp3) is 0.385. The molecule has 0 bridgehead atoms. The van der Waals surface area contributed by atoms with Crippen LogP contribution in [0.2, 0.25) is 0 Å². The maximum absolute atomic E-state index is 14.5. The zero-order valence-electron chi connectivity index (χ0n) is 19.3. The number of piperazine rings is 1. The summed E-state index contributed by atoms with van der Waals surface area (Å²) < 4.78 is 20.4. The van der Waals surface area contributed by atoms with Gasteiger partial charge in [0.15, 0.2) is 0 Å². The lowest BCUT2D eigenvalue weighted by Gasteiger charge is -2.41. The third-order valence-corrected chi connectivity index (χ3v) is 6.70. The molecule has 0 saturated carbocycles. The zero-order chi connectivity index (χ0) is 23.7. The highest BCUT2D eigenvalue weighted by molar-refractivity contribution is 5.98. The molecule has 176 valence electrons. The molecule has 1 aromatic heterocycles. The van der Waals surface area contributed by atoms with Crippen LogP contribution >= 0.6 is 0 Å². The van der Waals surface area contributed by atoms with Crippen LogP contribution in [0.4, 0.5) is 15.8 Å². The van der Waals surface area contributed by atoms with Crippen LogP contribution in [0.5, 0.6) is 5.75 Å². The fourth-order valence-electron chi connectivity index (χ4n) is 5.10. The molecule has 34 heavy (non-hydrogen) atoms. The molecule has 0 unspecified atom stereocenters. The summed E-state index contributed by atoms with van der Waals surface area (Å²) in [6.45, 7) is 7.06. The van der Waals surface area contributed by atoms with Gasteiger partial charge in [-0.15, -0.1) is 0 Å². The molecule has 2 aromatic carbocycles. The lowest BCUT2D eigenvalue weighted by atomic mass is 9.99. The Morgan fingerprint density at radius 3 is 2.71 bits per heavy atom. The van der Waals surface area contributed by atoms with Crippen LogP contribution < -0.4 is 20.1 Å². The van der Waals surface area contributed by atoms with E-state index in [0.29, 0.717) is 37.6 Å². The van der Waals surface area contributed by atoms with E-state index in [0.717, 1.165) is 60.4 Å². The molecular weight excluding hydrogens is 433 g/mol. The van der Waals surface area contributed by atoms with Crippen LogP contribution in [0.25, 0.3) is 10.9 Å². The quantitative estimate of drug-likeness (QED) is 0.627. The van der Waals surface area contributed by atoms with E-state index in [1.165, 1.54) is 6.07 Å². The number of rotatable bonds is 5. The van der Waals surface area contributed by atoms with Crippen LogP contribution in [-0.4, -0.2) is 55.9 Å². The molecule has 0 amide bonds. The summed E-state index contributed by atoms with van der Waals surface area (Å²) in [5.41, 5.74) is 3.45. The Kier molecular flexibility index (Phi) is 6.12. The van der Waals surface area contributed by atoms with Crippen molar-refractivity contribution >= 4 is 22.3 Å². The first-order valence-corrected chi connectivity index (χ1v) is 11.8. The predicted molar refractivity (Wildman–Crippen MR) is 131 cm³/mol. The second-order valence-electron chi connectivity index (χ2n) is 8.78. The van der Waals surface area contributed by atoms with Crippen LogP contribution in [-0.2, 0) is 6.42 Å². The van der Waals surface area contributed by atoms with Crippen molar-refractivity contribution in [1.29, 1.82) is 5.26 Å². The van der Waals surface area contributed by atoms with Gasteiger partial charge in [0.1, 0.15) is 11.6 Å². The van der Waals surface area contributed by atoms with Crippen molar-refractivity contribution in [2.75, 3.05) is 55.8 Å². The Morgan fingerprint density at radius 2 is 1.97 bits per heavy atom. The number of ether oxygens (including phenoxy) is 1. The van der Waals surface area contributed by atoms with Gasteiger partial charge < -0.3 is 19.5 Å². The summed E-state index contributed by atoms with van der Waals surface area (Å²) >= 11 is 0. The number of benzene rings is 2. The van der Waals surface area contributed by atoms with Gasteiger partial charge in [-0.1, -0.05) is 6.07 Å². The van der Waals surface area contributed by atoms with Gasteiger partial charge >= 0.3 is 0 Å². The fourth-order valence-corrected chi connectivity index (χ4v) is 5.10. The van der Waals surface area contributed by atoms with Crippen molar-refractivity contribution in [3.63, 3.8) is 0 Å². The highest BCUT2D eigenvalue weighted by Crippen LogP contribution is 2.37. The van der Waals surface area contributed by atoms with Crippen molar-refractivity contribution in [3.05, 3.63) is 63.7 Å². The Morgan fingerprint density at radius 1 is 1.15 bits per heavy atom. The number of anilines is 2. The molecule has 2 aliphatic heterocycles. The number of aromatic nitrogens is 1. The van der Waals surface area contributed by atoms with E-state index >= 15 is 0 Å². The molecular formula is C26H28FN5O2. The predicted octanol–water partition coefficient (Wildman–Crippen LogP) is 3.47. The molecule has 0 radical (unpaired) electrons. The van der Waals surface area contributed by atoms with Gasteiger partial charge in [-0.05, 0) is 50.1 Å². The lowest BCUT2D eigenvalue weighted by Crippen LogP contribution is -2.51. The molecule has 0 atom stereocenters. The van der Waals surface area contributed by atoms with Crippen molar-refractivity contribution < 1.29 is 9.13 Å². The number of nitrogens with one attached hydrogen (secondary N) is 1. The average molecular weight is 462 g/mol. The number of fused-ring (bicyclic) bond motifs is 3. The number of pyridine rings is 1. The number of nitriles is 1. The Labute approximate surface area is 198 Å². The van der Waals surface area contributed by atoms with Gasteiger partial charge in [-0.2, -0.15) is 5.26 Å². The van der Waals surface area contributed by atoms with E-state index < -0.39 is 0 Å². The monoisotopic (exact) mass is 461 g/mol. The number of nitrogens with zero attached hydrogens (tertiary/aromatic N) is 4. The van der Waals surface area contributed by atoms with Gasteiger partial charge in [0.25, 0.3) is 5.56 Å². The van der Waals surface area contributed by atoms with E-state index in [2.05, 4.69) is 14.8 Å². The maximum atomic E-state index is 14.5. The summed E-state index contributed by atoms with van der Waals surface area (Å²) in [6, 6.07) is 12.4. The average Bonchev–Trinajstić information content (AvgIpc) is 2.85. The van der Waals surface area contributed by atoms with Gasteiger partial charge in [0, 0.05) is 38.3 Å². The molecule has 2 aliphatic rings. The smallest absolute Gasteiger partial charge is 0.253 e. The Balaban J connectivity index is 1.38. The second kappa shape index (κ2) is 9.35. The van der Waals surface area contributed by atoms with Crippen LogP contribution in [0.15, 0.2) is 41.2 Å². The Bertz CT molecular complexity index is 1310. The number of hydrogen-bond acceptors (Lipinski definition) is 6. The van der Waals surface area contributed by atoms with Crippen LogP contribution in [0.1, 0.15) is 24.5 Å². The number of aromatic amines is 1. The van der Waals surface area contributed by atoms with Crippen molar-refractivity contribution in [2.24, 2.45) is 0 Å². The third kappa shape index (κ3) is 4.08. The van der Waals surface area contributed by atoms with Gasteiger partial charge in [-0.25, -0.2) is 4.39 Å². The topological polar surface area (TPSA) is 75.6 Å². The van der Waals surface area contributed by atoms with E-state index in [1.54, 1.807) is 12.1 Å². The summed E-state index contributed by atoms with van der Waals surface area (Å²) in [5.74, 6) is 0.437. The lowest BCUT2D eigenvalue weighted by molar-refractivity contribution is 0.254. The first-order valence-electron chi connectivity index (χ1n) is 11.8. The van der Waals surface area contributed by atoms with Gasteiger partial charge in [0.05, 0.1) is 47.2 Å². The summed E-state index contributed by atoms with van der Waals surface area (Å²) in [6.07, 6.45) is 1.68. The summed E-state index contributed by atoms with van der Waals surface area (Å²) in [7, 11) is 0. The molecule has 8 heteroatoms. The van der Waals surface area contributed by atoms with E-state index in [4.69, 9.17) is 10.00 Å². The molecule has 0 aliphatic carbocycles. The maximum Gasteiger partial charge on any atom is 0.253 e. The molecule has 0 spiro atoms. The number of H-pyrrole nitrogens is 1. The largest absolute Gasteiger partial charge is 0.493 e. The molecule has 1 saturated heterocycles. The van der Waals surface area contributed by atoms with E-state index in [1.807, 2.05) is 36.1 Å². The molecule has 1 fully saturated rings. The zero-order valence-corrected chi connectivity index (χ0v) is 19.3. The summed E-state index contributed by atoms with van der Waals surface area (Å²) in [4.78, 5) is 22.6. The van der Waals surface area contributed by atoms with Crippen molar-refractivity contribution in [2.45, 2.75) is 19.8 Å². The normalized spacial score (nSPS) is 16.4. The minimum Gasteiger partial charge on any atom is -0.493 e. The number of hydrogen-bond donors (Lipinski definition) is 1. The number of halogens is 1. The second-order valence-corrected chi connectivity index (χ2v) is 8.78. The highest BCUT2D eigenvalue weighted by atomic mass is 19.1. The minimum absolute atomic E-state index is 0.0260. The standard InChI is InChI=1S/C26H28FN5O2/c1-2-34-23-7-3-6-21-24(23)25-19(26(33)29-21)5-4-10-32(25)17-30-11-13-31(14-12-30)22-9-8-18(16-28)15-20(22)27/h3,6-9,15H,2,4-5,10-14,17H2,1H3,(H,29,33). The Hall–Kier alpha value is -3.57. The molecule has 7 nitrogen and oxygen atoms in total. The minimum atomic E-state index is -0.355. The van der Waals surface area contributed by atoms with Gasteiger partial charge in [-0.3, -0.25) is 9.69 Å². The summed E-state index contributed by atoms with van der Waals surface area (Å²) in [5, 5.41) is 9.95. The van der Waals surface area contributed by atoms with E-state index in [-0.39, 0.29) is 11.4 Å². The molecule has 1 N–H and O–H groups in total. The first-order chi connectivity index (χ1) is 16.6. The van der Waals surface area contributed by atoms with Crippen molar-refractivity contribution in [1.82, 2.24) is 9.88 Å². The van der Waals surface area contributed by atoms with Crippen molar-refractivity contribution in [3.8, 4) is 11.8 Å². The van der Waals surface area contributed by atoms with Crippen LogP contribution in [0, 0.1) is 17.1 Å². The van der Waals surface area contributed by atoms with E-state index in [9.17, 15) is 9.18 Å². The third-order valence-electron chi connectivity index (χ3n) is 6.70. The van der Waals surface area contributed by atoms with Gasteiger partial charge in [0.2, 0.25) is 0 Å². The SMILES string of the molecule is CCOc1cccc2[nH]c(=O)c3c(c12)N(CN1CCN(c2ccc(C#N)cc2F)CC1)CCC3. The molecule has 3 heterocycles. The molecule has 5 rings (SSSR count). The van der Waals surface area contributed by atoms with Crippen LogP contribution in [0.3, 0.4) is 0 Å². The highest BCUT2D eigenvalue weighted by Gasteiger charge is 2.27. The molecule has 3 aromatic rings. The first kappa shape index (κ1) is 22.2.